The van der Waals surface area contributed by atoms with Gasteiger partial charge in [-0.05, 0) is 43.2 Å². The van der Waals surface area contributed by atoms with Crippen LogP contribution in [0.5, 0.6) is 0 Å². The number of para-hydroxylation sites is 1. The summed E-state index contributed by atoms with van der Waals surface area (Å²) in [5.74, 6) is 0.768. The lowest BCUT2D eigenvalue weighted by atomic mass is 10.0. The van der Waals surface area contributed by atoms with Crippen molar-refractivity contribution in [3.05, 3.63) is 95.3 Å². The molecule has 0 saturated carbocycles. The molecule has 0 bridgehead atoms. The molecule has 1 fully saturated rings. The van der Waals surface area contributed by atoms with Crippen LogP contribution in [0.2, 0.25) is 0 Å². The summed E-state index contributed by atoms with van der Waals surface area (Å²) in [5.41, 5.74) is 6.27. The van der Waals surface area contributed by atoms with Crippen LogP contribution in [0.15, 0.2) is 73.1 Å². The summed E-state index contributed by atoms with van der Waals surface area (Å²) in [7, 11) is 0. The first kappa shape index (κ1) is 22.8. The molecule has 1 N–H and O–H groups in total. The minimum Gasteiger partial charge on any atom is -0.378 e. The van der Waals surface area contributed by atoms with Gasteiger partial charge in [-0.1, -0.05) is 48.0 Å². The molecule has 0 unspecified atom stereocenters. The van der Waals surface area contributed by atoms with Crippen molar-refractivity contribution in [2.75, 3.05) is 31.2 Å². The van der Waals surface area contributed by atoms with Crippen LogP contribution in [0.25, 0.3) is 16.9 Å². The Bertz CT molecular complexity index is 1310. The Labute approximate surface area is 205 Å². The third kappa shape index (κ3) is 5.10. The maximum absolute atomic E-state index is 13.3. The van der Waals surface area contributed by atoms with Crippen LogP contribution in [0.3, 0.4) is 0 Å². The molecular formula is C28H29N5O2. The SMILES string of the molecule is Cc1ccc(-c2nn(-c3ccccc3)cc2C(=O)NCc2ccc(N3CCOCC3)nc2)c(C)c1. The fraction of sp³-hybridized carbons (Fsp3) is 0.250. The Balaban J connectivity index is 1.38. The van der Waals surface area contributed by atoms with E-state index < -0.39 is 0 Å². The molecule has 2 aromatic heterocycles. The molecular weight excluding hydrogens is 438 g/mol. The number of aryl methyl sites for hydroxylation is 2. The molecule has 3 heterocycles. The largest absolute Gasteiger partial charge is 0.378 e. The summed E-state index contributed by atoms with van der Waals surface area (Å²) in [6.45, 7) is 7.62. The molecule has 0 atom stereocenters. The topological polar surface area (TPSA) is 72.3 Å². The number of hydrogen-bond donors (Lipinski definition) is 1. The summed E-state index contributed by atoms with van der Waals surface area (Å²) in [5, 5.41) is 7.86. The second kappa shape index (κ2) is 10.1. The molecule has 0 spiro atoms. The van der Waals surface area contributed by atoms with E-state index in [0.717, 1.165) is 54.5 Å². The Morgan fingerprint density at radius 3 is 2.54 bits per heavy atom. The quantitative estimate of drug-likeness (QED) is 0.457. The van der Waals surface area contributed by atoms with Crippen LogP contribution in [0.4, 0.5) is 5.82 Å². The number of nitrogens with one attached hydrogen (secondary N) is 1. The van der Waals surface area contributed by atoms with Gasteiger partial charge in [-0.2, -0.15) is 5.10 Å². The van der Waals surface area contributed by atoms with E-state index >= 15 is 0 Å². The van der Waals surface area contributed by atoms with Crippen LogP contribution < -0.4 is 10.2 Å². The summed E-state index contributed by atoms with van der Waals surface area (Å²) >= 11 is 0. The highest BCUT2D eigenvalue weighted by molar-refractivity contribution is 6.00. The number of benzene rings is 2. The second-order valence-corrected chi connectivity index (χ2v) is 8.80. The van der Waals surface area contributed by atoms with Gasteiger partial charge in [-0.25, -0.2) is 9.67 Å². The highest BCUT2D eigenvalue weighted by atomic mass is 16.5. The number of nitrogens with zero attached hydrogens (tertiary/aromatic N) is 4. The van der Waals surface area contributed by atoms with Crippen molar-refractivity contribution in [1.29, 1.82) is 0 Å². The smallest absolute Gasteiger partial charge is 0.255 e. The Kier molecular flexibility index (Phi) is 6.59. The van der Waals surface area contributed by atoms with Crippen LogP contribution in [0.1, 0.15) is 27.0 Å². The Hall–Kier alpha value is -3.97. The minimum absolute atomic E-state index is 0.167. The number of ether oxygens (including phenoxy) is 1. The van der Waals surface area contributed by atoms with Gasteiger partial charge >= 0.3 is 0 Å². The van der Waals surface area contributed by atoms with Crippen LogP contribution in [-0.4, -0.2) is 47.0 Å². The van der Waals surface area contributed by atoms with Gasteiger partial charge in [0, 0.05) is 37.6 Å². The summed E-state index contributed by atoms with van der Waals surface area (Å²) in [6.07, 6.45) is 3.63. The van der Waals surface area contributed by atoms with Gasteiger partial charge in [-0.3, -0.25) is 4.79 Å². The second-order valence-electron chi connectivity index (χ2n) is 8.80. The zero-order valence-electron chi connectivity index (χ0n) is 20.1. The van der Waals surface area contributed by atoms with E-state index in [1.54, 1.807) is 10.9 Å². The Morgan fingerprint density at radius 1 is 1.03 bits per heavy atom. The summed E-state index contributed by atoms with van der Waals surface area (Å²) in [6, 6.07) is 20.0. The number of pyridine rings is 1. The molecule has 0 aliphatic carbocycles. The van der Waals surface area contributed by atoms with Crippen molar-refractivity contribution in [2.45, 2.75) is 20.4 Å². The molecule has 7 nitrogen and oxygen atoms in total. The fourth-order valence-corrected chi connectivity index (χ4v) is 4.31. The van der Waals surface area contributed by atoms with E-state index in [9.17, 15) is 4.79 Å². The van der Waals surface area contributed by atoms with Gasteiger partial charge in [0.15, 0.2) is 0 Å². The van der Waals surface area contributed by atoms with Crippen LogP contribution in [-0.2, 0) is 11.3 Å². The Morgan fingerprint density at radius 2 is 1.83 bits per heavy atom. The molecule has 4 aromatic rings. The number of carbonyl (C=O) groups excluding carboxylic acids is 1. The van der Waals surface area contributed by atoms with Crippen LogP contribution in [0, 0.1) is 13.8 Å². The number of anilines is 1. The number of morpholine rings is 1. The average Bonchev–Trinajstić information content (AvgIpc) is 3.34. The molecule has 1 aliphatic rings. The van der Waals surface area contributed by atoms with Crippen molar-refractivity contribution in [3.8, 4) is 16.9 Å². The number of aromatic nitrogens is 3. The lowest BCUT2D eigenvalue weighted by Crippen LogP contribution is -2.36. The van der Waals surface area contributed by atoms with E-state index in [1.165, 1.54) is 5.56 Å². The van der Waals surface area contributed by atoms with Crippen molar-refractivity contribution in [3.63, 3.8) is 0 Å². The molecule has 1 saturated heterocycles. The van der Waals surface area contributed by atoms with E-state index in [2.05, 4.69) is 28.2 Å². The van der Waals surface area contributed by atoms with Gasteiger partial charge in [0.25, 0.3) is 5.91 Å². The van der Waals surface area contributed by atoms with E-state index in [4.69, 9.17) is 9.84 Å². The highest BCUT2D eigenvalue weighted by Crippen LogP contribution is 2.27. The lowest BCUT2D eigenvalue weighted by Gasteiger charge is -2.27. The van der Waals surface area contributed by atoms with E-state index in [-0.39, 0.29) is 5.91 Å². The van der Waals surface area contributed by atoms with Crippen LogP contribution >= 0.6 is 0 Å². The average molecular weight is 468 g/mol. The van der Waals surface area contributed by atoms with Crippen molar-refractivity contribution >= 4 is 11.7 Å². The minimum atomic E-state index is -0.167. The first-order valence-corrected chi connectivity index (χ1v) is 11.9. The highest BCUT2D eigenvalue weighted by Gasteiger charge is 2.20. The standard InChI is InChI=1S/C28H29N5O2/c1-20-8-10-24(21(2)16-20)27-25(19-33(31-27)23-6-4-3-5-7-23)28(34)30-18-22-9-11-26(29-17-22)32-12-14-35-15-13-32/h3-11,16-17,19H,12-15,18H2,1-2H3,(H,30,34). The van der Waals surface area contributed by atoms with Crippen molar-refractivity contribution in [1.82, 2.24) is 20.1 Å². The third-order valence-electron chi connectivity index (χ3n) is 6.21. The van der Waals surface area contributed by atoms with Gasteiger partial charge < -0.3 is 15.0 Å². The summed E-state index contributed by atoms with van der Waals surface area (Å²) in [4.78, 5) is 20.1. The zero-order chi connectivity index (χ0) is 24.2. The van der Waals surface area contributed by atoms with E-state index in [0.29, 0.717) is 17.8 Å². The summed E-state index contributed by atoms with van der Waals surface area (Å²) < 4.78 is 7.18. The first-order chi connectivity index (χ1) is 17.1. The maximum Gasteiger partial charge on any atom is 0.255 e. The molecule has 35 heavy (non-hydrogen) atoms. The predicted octanol–water partition coefficient (Wildman–Crippen LogP) is 4.32. The van der Waals surface area contributed by atoms with Gasteiger partial charge in [-0.15, -0.1) is 0 Å². The molecule has 2 aromatic carbocycles. The lowest BCUT2D eigenvalue weighted by molar-refractivity contribution is 0.0951. The van der Waals surface area contributed by atoms with Gasteiger partial charge in [0.2, 0.25) is 0 Å². The van der Waals surface area contributed by atoms with Crippen molar-refractivity contribution < 1.29 is 9.53 Å². The maximum atomic E-state index is 13.3. The molecule has 0 radical (unpaired) electrons. The van der Waals surface area contributed by atoms with Gasteiger partial charge in [0.05, 0.1) is 24.5 Å². The fourth-order valence-electron chi connectivity index (χ4n) is 4.31. The third-order valence-corrected chi connectivity index (χ3v) is 6.21. The normalized spacial score (nSPS) is 13.6. The first-order valence-electron chi connectivity index (χ1n) is 11.9. The molecule has 7 heteroatoms. The molecule has 178 valence electrons. The van der Waals surface area contributed by atoms with Crippen molar-refractivity contribution in [2.24, 2.45) is 0 Å². The van der Waals surface area contributed by atoms with E-state index in [1.807, 2.05) is 67.7 Å². The number of hydrogen-bond acceptors (Lipinski definition) is 5. The zero-order valence-corrected chi connectivity index (χ0v) is 20.1. The molecule has 1 amide bonds. The number of amides is 1. The number of rotatable bonds is 6. The monoisotopic (exact) mass is 467 g/mol. The number of carbonyl (C=O) groups is 1. The van der Waals surface area contributed by atoms with Gasteiger partial charge in [0.1, 0.15) is 11.5 Å². The molecule has 5 rings (SSSR count). The molecule has 1 aliphatic heterocycles. The predicted molar refractivity (Wildman–Crippen MR) is 137 cm³/mol.